The van der Waals surface area contributed by atoms with Crippen molar-refractivity contribution in [1.82, 2.24) is 4.90 Å². The van der Waals surface area contributed by atoms with Gasteiger partial charge in [0.15, 0.2) is 0 Å². The minimum atomic E-state index is -0.823. The zero-order valence-corrected chi connectivity index (χ0v) is 15.8. The van der Waals surface area contributed by atoms with E-state index < -0.39 is 11.9 Å². The number of aliphatic carboxylic acids is 1. The van der Waals surface area contributed by atoms with Gasteiger partial charge in [-0.2, -0.15) is 0 Å². The summed E-state index contributed by atoms with van der Waals surface area (Å²) in [6, 6.07) is 20.0. The smallest absolute Gasteiger partial charge is 0.308 e. The summed E-state index contributed by atoms with van der Waals surface area (Å²) in [5.41, 5.74) is 2.28. The van der Waals surface area contributed by atoms with Gasteiger partial charge in [-0.25, -0.2) is 0 Å². The number of likely N-dealkylation sites (tertiary alicyclic amines) is 1. The average Bonchev–Trinajstić information content (AvgIpc) is 3.14. The van der Waals surface area contributed by atoms with Crippen LogP contribution in [0.25, 0.3) is 0 Å². The molecule has 3 unspecified atom stereocenters. The first kappa shape index (κ1) is 19.2. The predicted octanol–water partition coefficient (Wildman–Crippen LogP) is 3.97. The van der Waals surface area contributed by atoms with E-state index >= 15 is 0 Å². The molecule has 0 saturated carbocycles. The number of carboxylic acid groups (broad SMARTS) is 1. The Labute approximate surface area is 160 Å². The summed E-state index contributed by atoms with van der Waals surface area (Å²) in [5.74, 6) is -1.50. The van der Waals surface area contributed by atoms with Crippen molar-refractivity contribution in [1.29, 1.82) is 0 Å². The highest BCUT2D eigenvalue weighted by atomic mass is 16.4. The maximum absolute atomic E-state index is 12.9. The highest BCUT2D eigenvalue weighted by Crippen LogP contribution is 2.34. The number of amides is 1. The Balaban J connectivity index is 1.58. The molecule has 0 bridgehead atoms. The van der Waals surface area contributed by atoms with Gasteiger partial charge in [0.2, 0.25) is 5.91 Å². The van der Waals surface area contributed by atoms with Crippen molar-refractivity contribution >= 4 is 11.9 Å². The van der Waals surface area contributed by atoms with Crippen LogP contribution in [0.2, 0.25) is 0 Å². The SMILES string of the molecule is CC(CCCc1ccccc1)C(=O)N1CC(C(=O)O)C(c2ccccc2)C1. The molecule has 4 nitrogen and oxygen atoms in total. The number of aryl methyl sites for hydroxylation is 1. The van der Waals surface area contributed by atoms with Gasteiger partial charge in [0.05, 0.1) is 5.92 Å². The Kier molecular flexibility index (Phi) is 6.28. The maximum atomic E-state index is 12.9. The van der Waals surface area contributed by atoms with Crippen LogP contribution >= 0.6 is 0 Å². The monoisotopic (exact) mass is 365 g/mol. The van der Waals surface area contributed by atoms with Crippen LogP contribution in [0.3, 0.4) is 0 Å². The molecule has 4 heteroatoms. The third-order valence-corrected chi connectivity index (χ3v) is 5.54. The lowest BCUT2D eigenvalue weighted by Gasteiger charge is -2.21. The summed E-state index contributed by atoms with van der Waals surface area (Å²) in [6.07, 6.45) is 2.73. The molecule has 1 saturated heterocycles. The molecule has 1 N–H and O–H groups in total. The number of nitrogens with zero attached hydrogens (tertiary/aromatic N) is 1. The number of hydrogen-bond acceptors (Lipinski definition) is 2. The van der Waals surface area contributed by atoms with Crippen molar-refractivity contribution < 1.29 is 14.7 Å². The van der Waals surface area contributed by atoms with Gasteiger partial charge in [-0.1, -0.05) is 67.6 Å². The number of carbonyl (C=O) groups is 2. The molecule has 0 aliphatic carbocycles. The van der Waals surface area contributed by atoms with E-state index in [9.17, 15) is 14.7 Å². The van der Waals surface area contributed by atoms with E-state index in [2.05, 4.69) is 12.1 Å². The largest absolute Gasteiger partial charge is 0.481 e. The van der Waals surface area contributed by atoms with Crippen LogP contribution < -0.4 is 0 Å². The van der Waals surface area contributed by atoms with E-state index in [1.54, 1.807) is 4.90 Å². The Morgan fingerprint density at radius 2 is 1.67 bits per heavy atom. The average molecular weight is 365 g/mol. The fraction of sp³-hybridized carbons (Fsp3) is 0.391. The molecule has 2 aromatic rings. The van der Waals surface area contributed by atoms with Crippen LogP contribution in [-0.2, 0) is 16.0 Å². The Morgan fingerprint density at radius 3 is 2.30 bits per heavy atom. The molecule has 27 heavy (non-hydrogen) atoms. The predicted molar refractivity (Wildman–Crippen MR) is 105 cm³/mol. The molecule has 3 atom stereocenters. The van der Waals surface area contributed by atoms with E-state index in [1.165, 1.54) is 5.56 Å². The summed E-state index contributed by atoms with van der Waals surface area (Å²) in [4.78, 5) is 26.3. The fourth-order valence-corrected chi connectivity index (χ4v) is 3.96. The van der Waals surface area contributed by atoms with Gasteiger partial charge in [-0.05, 0) is 30.4 Å². The quantitative estimate of drug-likeness (QED) is 0.808. The summed E-state index contributed by atoms with van der Waals surface area (Å²) in [6.45, 7) is 2.75. The van der Waals surface area contributed by atoms with Gasteiger partial charge in [0.25, 0.3) is 0 Å². The Morgan fingerprint density at radius 1 is 1.04 bits per heavy atom. The number of carboxylic acids is 1. The topological polar surface area (TPSA) is 57.6 Å². The zero-order valence-electron chi connectivity index (χ0n) is 15.8. The fourth-order valence-electron chi connectivity index (χ4n) is 3.96. The summed E-state index contributed by atoms with van der Waals surface area (Å²) >= 11 is 0. The molecule has 2 aromatic carbocycles. The molecule has 0 radical (unpaired) electrons. The second-order valence-corrected chi connectivity index (χ2v) is 7.48. The van der Waals surface area contributed by atoms with Gasteiger partial charge in [0.1, 0.15) is 0 Å². The van der Waals surface area contributed by atoms with E-state index in [1.807, 2.05) is 55.5 Å². The minimum absolute atomic E-state index is 0.0766. The van der Waals surface area contributed by atoms with Crippen LogP contribution in [0.1, 0.15) is 36.8 Å². The molecule has 1 aliphatic rings. The van der Waals surface area contributed by atoms with Gasteiger partial charge in [-0.3, -0.25) is 9.59 Å². The first-order valence-electron chi connectivity index (χ1n) is 9.66. The third kappa shape index (κ3) is 4.76. The van der Waals surface area contributed by atoms with E-state index in [4.69, 9.17) is 0 Å². The molecule has 1 fully saturated rings. The van der Waals surface area contributed by atoms with E-state index in [0.29, 0.717) is 13.1 Å². The van der Waals surface area contributed by atoms with E-state index in [0.717, 1.165) is 24.8 Å². The zero-order chi connectivity index (χ0) is 19.2. The molecule has 142 valence electrons. The van der Waals surface area contributed by atoms with Crippen molar-refractivity contribution in [2.75, 3.05) is 13.1 Å². The second kappa shape index (κ2) is 8.85. The number of hydrogen-bond donors (Lipinski definition) is 1. The van der Waals surface area contributed by atoms with Crippen LogP contribution in [0.15, 0.2) is 60.7 Å². The van der Waals surface area contributed by atoms with Crippen LogP contribution in [0.5, 0.6) is 0 Å². The van der Waals surface area contributed by atoms with Crippen molar-refractivity contribution in [2.24, 2.45) is 11.8 Å². The first-order valence-corrected chi connectivity index (χ1v) is 9.66. The second-order valence-electron chi connectivity index (χ2n) is 7.48. The lowest BCUT2D eigenvalue weighted by atomic mass is 9.89. The lowest BCUT2D eigenvalue weighted by molar-refractivity contribution is -0.142. The molecule has 1 heterocycles. The van der Waals surface area contributed by atoms with E-state index in [-0.39, 0.29) is 17.7 Å². The van der Waals surface area contributed by atoms with Crippen molar-refractivity contribution in [2.45, 2.75) is 32.1 Å². The molecular weight excluding hydrogens is 338 g/mol. The van der Waals surface area contributed by atoms with Crippen molar-refractivity contribution in [3.8, 4) is 0 Å². The summed E-state index contributed by atoms with van der Waals surface area (Å²) < 4.78 is 0. The van der Waals surface area contributed by atoms with Crippen molar-refractivity contribution in [3.05, 3.63) is 71.8 Å². The summed E-state index contributed by atoms with van der Waals surface area (Å²) in [7, 11) is 0. The Bertz CT molecular complexity index is 760. The van der Waals surface area contributed by atoms with Crippen LogP contribution in [0, 0.1) is 11.8 Å². The number of carbonyl (C=O) groups excluding carboxylic acids is 1. The maximum Gasteiger partial charge on any atom is 0.308 e. The van der Waals surface area contributed by atoms with Crippen LogP contribution in [-0.4, -0.2) is 35.0 Å². The minimum Gasteiger partial charge on any atom is -0.481 e. The highest BCUT2D eigenvalue weighted by Gasteiger charge is 2.41. The Hall–Kier alpha value is -2.62. The van der Waals surface area contributed by atoms with Gasteiger partial charge in [-0.15, -0.1) is 0 Å². The molecule has 3 rings (SSSR count). The molecule has 0 spiro atoms. The molecule has 1 aliphatic heterocycles. The summed E-state index contributed by atoms with van der Waals surface area (Å²) in [5, 5.41) is 9.61. The number of benzene rings is 2. The molecule has 0 aromatic heterocycles. The van der Waals surface area contributed by atoms with Gasteiger partial charge in [0, 0.05) is 24.9 Å². The first-order chi connectivity index (χ1) is 13.1. The van der Waals surface area contributed by atoms with Gasteiger partial charge >= 0.3 is 5.97 Å². The third-order valence-electron chi connectivity index (χ3n) is 5.54. The lowest BCUT2D eigenvalue weighted by Crippen LogP contribution is -2.34. The van der Waals surface area contributed by atoms with Crippen molar-refractivity contribution in [3.63, 3.8) is 0 Å². The standard InChI is InChI=1S/C23H27NO3/c1-17(9-8-12-18-10-4-2-5-11-18)22(25)24-15-20(21(16-24)23(26)27)19-13-6-3-7-14-19/h2-7,10-11,13-14,17,20-21H,8-9,12,15-16H2,1H3,(H,26,27). The number of rotatable bonds is 7. The highest BCUT2D eigenvalue weighted by molar-refractivity contribution is 5.81. The van der Waals surface area contributed by atoms with Crippen LogP contribution in [0.4, 0.5) is 0 Å². The molecular formula is C23H27NO3. The molecule has 1 amide bonds. The normalized spacial score (nSPS) is 20.4. The van der Waals surface area contributed by atoms with Gasteiger partial charge < -0.3 is 10.0 Å².